The molecular weight excluding hydrogens is 246 g/mol. The molecule has 19 heavy (non-hydrogen) atoms. The van der Waals surface area contributed by atoms with Gasteiger partial charge in [0, 0.05) is 6.42 Å². The number of amides is 1. The van der Waals surface area contributed by atoms with Crippen molar-refractivity contribution in [3.8, 4) is 0 Å². The van der Waals surface area contributed by atoms with Crippen LogP contribution in [0.5, 0.6) is 0 Å². The van der Waals surface area contributed by atoms with Crippen molar-refractivity contribution in [2.24, 2.45) is 0 Å². The van der Waals surface area contributed by atoms with Crippen LogP contribution in [0.2, 0.25) is 0 Å². The molecule has 0 spiro atoms. The lowest BCUT2D eigenvalue weighted by molar-refractivity contribution is -0.142. The lowest BCUT2D eigenvalue weighted by Crippen LogP contribution is -2.43. The maximum atomic E-state index is 11.6. The normalized spacial score (nSPS) is 11.2. The second-order valence-electron chi connectivity index (χ2n) is 3.80. The minimum Gasteiger partial charge on any atom is -0.467 e. The van der Waals surface area contributed by atoms with Crippen molar-refractivity contribution in [1.29, 1.82) is 0 Å². The van der Waals surface area contributed by atoms with Crippen molar-refractivity contribution in [1.82, 2.24) is 5.32 Å². The van der Waals surface area contributed by atoms with Crippen molar-refractivity contribution >= 4 is 12.1 Å². The molecule has 0 heterocycles. The summed E-state index contributed by atoms with van der Waals surface area (Å²) >= 11 is 0. The van der Waals surface area contributed by atoms with Gasteiger partial charge in [0.25, 0.3) is 0 Å². The summed E-state index contributed by atoms with van der Waals surface area (Å²) in [4.78, 5) is 23.0. The molecule has 5 nitrogen and oxygen atoms in total. The lowest BCUT2D eigenvalue weighted by atomic mass is 10.1. The molecule has 1 amide bonds. The summed E-state index contributed by atoms with van der Waals surface area (Å²) in [5.41, 5.74) is 0.918. The van der Waals surface area contributed by atoms with Crippen LogP contribution in [0, 0.1) is 0 Å². The van der Waals surface area contributed by atoms with Gasteiger partial charge in [-0.1, -0.05) is 43.0 Å². The molecule has 0 aliphatic carbocycles. The van der Waals surface area contributed by atoms with Crippen molar-refractivity contribution < 1.29 is 19.1 Å². The summed E-state index contributed by atoms with van der Waals surface area (Å²) in [5, 5.41) is 2.47. The van der Waals surface area contributed by atoms with Crippen LogP contribution in [0.1, 0.15) is 5.56 Å². The van der Waals surface area contributed by atoms with Crippen molar-refractivity contribution in [3.05, 3.63) is 48.6 Å². The molecule has 0 fully saturated rings. The molecule has 0 aliphatic rings. The Hall–Kier alpha value is -2.30. The summed E-state index contributed by atoms with van der Waals surface area (Å²) < 4.78 is 9.44. The van der Waals surface area contributed by atoms with E-state index in [1.165, 1.54) is 13.2 Å². The topological polar surface area (TPSA) is 64.6 Å². The fourth-order valence-corrected chi connectivity index (χ4v) is 1.50. The monoisotopic (exact) mass is 263 g/mol. The van der Waals surface area contributed by atoms with Crippen LogP contribution in [-0.2, 0) is 20.7 Å². The fourth-order valence-electron chi connectivity index (χ4n) is 1.50. The molecule has 0 radical (unpaired) electrons. The highest BCUT2D eigenvalue weighted by Gasteiger charge is 2.22. The Balaban J connectivity index is 2.64. The van der Waals surface area contributed by atoms with Crippen LogP contribution < -0.4 is 5.32 Å². The number of alkyl carbamates (subject to hydrolysis) is 1. The number of carbonyl (C=O) groups is 2. The lowest BCUT2D eigenvalue weighted by Gasteiger charge is -2.16. The highest BCUT2D eigenvalue weighted by atomic mass is 16.6. The number of methoxy groups -OCH3 is 1. The molecule has 0 bridgehead atoms. The average Bonchev–Trinajstić information content (AvgIpc) is 2.44. The maximum absolute atomic E-state index is 11.6. The largest absolute Gasteiger partial charge is 0.467 e. The Kier molecular flexibility index (Phi) is 6.15. The van der Waals surface area contributed by atoms with Crippen LogP contribution >= 0.6 is 0 Å². The molecule has 1 aromatic rings. The predicted octanol–water partition coefficient (Wildman–Crippen LogP) is 1.68. The van der Waals surface area contributed by atoms with E-state index in [2.05, 4.69) is 16.6 Å². The van der Waals surface area contributed by atoms with Gasteiger partial charge in [-0.05, 0) is 5.56 Å². The van der Waals surface area contributed by atoms with Crippen LogP contribution in [0.25, 0.3) is 0 Å². The van der Waals surface area contributed by atoms with Gasteiger partial charge in [-0.15, -0.1) is 0 Å². The number of hydrogen-bond donors (Lipinski definition) is 1. The molecular formula is C14H17NO4. The van der Waals surface area contributed by atoms with Gasteiger partial charge in [-0.25, -0.2) is 9.59 Å². The van der Waals surface area contributed by atoms with E-state index in [1.54, 1.807) is 0 Å². The number of carbonyl (C=O) groups excluding carboxylic acids is 2. The van der Waals surface area contributed by atoms with E-state index in [4.69, 9.17) is 4.74 Å². The van der Waals surface area contributed by atoms with Gasteiger partial charge >= 0.3 is 12.1 Å². The highest BCUT2D eigenvalue weighted by molar-refractivity contribution is 5.81. The van der Waals surface area contributed by atoms with Crippen molar-refractivity contribution in [2.45, 2.75) is 12.5 Å². The van der Waals surface area contributed by atoms with Gasteiger partial charge < -0.3 is 14.8 Å². The zero-order valence-corrected chi connectivity index (χ0v) is 10.8. The van der Waals surface area contributed by atoms with E-state index in [0.29, 0.717) is 6.42 Å². The van der Waals surface area contributed by atoms with Crippen LogP contribution in [0.4, 0.5) is 4.79 Å². The molecule has 0 saturated carbocycles. The smallest absolute Gasteiger partial charge is 0.408 e. The van der Waals surface area contributed by atoms with Gasteiger partial charge in [0.1, 0.15) is 12.6 Å². The van der Waals surface area contributed by atoms with E-state index < -0.39 is 18.1 Å². The first-order valence-corrected chi connectivity index (χ1v) is 5.83. The van der Waals surface area contributed by atoms with E-state index >= 15 is 0 Å². The fraction of sp³-hybridized carbons (Fsp3) is 0.286. The standard InChI is InChI=1S/C14H17NO4/c1-3-9-19-14(17)15-12(13(16)18-2)10-11-7-5-4-6-8-11/h3-8,12H,1,9-10H2,2H3,(H,15,17). The molecule has 0 aliphatic heterocycles. The molecule has 102 valence electrons. The summed E-state index contributed by atoms with van der Waals surface area (Å²) in [6.45, 7) is 3.52. The Morgan fingerprint density at radius 1 is 1.37 bits per heavy atom. The third kappa shape index (κ3) is 5.25. The Morgan fingerprint density at radius 3 is 2.63 bits per heavy atom. The Morgan fingerprint density at radius 2 is 2.05 bits per heavy atom. The quantitative estimate of drug-likeness (QED) is 0.626. The first kappa shape index (κ1) is 14.8. The third-order valence-electron chi connectivity index (χ3n) is 2.39. The van der Waals surface area contributed by atoms with Crippen molar-refractivity contribution in [2.75, 3.05) is 13.7 Å². The molecule has 0 saturated heterocycles. The molecule has 1 rings (SSSR count). The van der Waals surface area contributed by atoms with Gasteiger partial charge in [0.15, 0.2) is 0 Å². The van der Waals surface area contributed by atoms with E-state index in [0.717, 1.165) is 5.56 Å². The minimum absolute atomic E-state index is 0.0884. The third-order valence-corrected chi connectivity index (χ3v) is 2.39. The molecule has 5 heteroatoms. The van der Waals surface area contributed by atoms with Gasteiger partial charge in [0.05, 0.1) is 7.11 Å². The summed E-state index contributed by atoms with van der Waals surface area (Å²) in [6, 6.07) is 8.56. The summed E-state index contributed by atoms with van der Waals surface area (Å²) in [7, 11) is 1.27. The minimum atomic E-state index is -0.773. The predicted molar refractivity (Wildman–Crippen MR) is 70.6 cm³/mol. The van der Waals surface area contributed by atoms with Crippen LogP contribution in [-0.4, -0.2) is 31.8 Å². The van der Waals surface area contributed by atoms with E-state index in [1.807, 2.05) is 30.3 Å². The number of benzene rings is 1. The van der Waals surface area contributed by atoms with Gasteiger partial charge in [-0.3, -0.25) is 0 Å². The van der Waals surface area contributed by atoms with E-state index in [9.17, 15) is 9.59 Å². The summed E-state index contributed by atoms with van der Waals surface area (Å²) in [6.07, 6.45) is 1.12. The number of esters is 1. The Labute approximate surface area is 112 Å². The van der Waals surface area contributed by atoms with Gasteiger partial charge in [0.2, 0.25) is 0 Å². The highest BCUT2D eigenvalue weighted by Crippen LogP contribution is 2.04. The zero-order chi connectivity index (χ0) is 14.1. The number of hydrogen-bond acceptors (Lipinski definition) is 4. The second-order valence-corrected chi connectivity index (χ2v) is 3.80. The van der Waals surface area contributed by atoms with Crippen LogP contribution in [0.15, 0.2) is 43.0 Å². The number of rotatable bonds is 6. The first-order valence-electron chi connectivity index (χ1n) is 5.83. The van der Waals surface area contributed by atoms with Crippen LogP contribution in [0.3, 0.4) is 0 Å². The number of ether oxygens (including phenoxy) is 2. The van der Waals surface area contributed by atoms with Gasteiger partial charge in [-0.2, -0.15) is 0 Å². The molecule has 1 unspecified atom stereocenters. The molecule has 0 aromatic heterocycles. The SMILES string of the molecule is C=CCOC(=O)NC(Cc1ccccc1)C(=O)OC. The molecule has 1 N–H and O–H groups in total. The van der Waals surface area contributed by atoms with E-state index in [-0.39, 0.29) is 6.61 Å². The average molecular weight is 263 g/mol. The van der Waals surface area contributed by atoms with Crippen molar-refractivity contribution in [3.63, 3.8) is 0 Å². The number of nitrogens with one attached hydrogen (secondary N) is 1. The molecule has 1 aromatic carbocycles. The first-order chi connectivity index (χ1) is 9.17. The Bertz CT molecular complexity index is 430. The molecule has 1 atom stereocenters. The second kappa shape index (κ2) is 7.92. The maximum Gasteiger partial charge on any atom is 0.408 e. The zero-order valence-electron chi connectivity index (χ0n) is 10.8. The summed E-state index contributed by atoms with van der Waals surface area (Å²) in [5.74, 6) is -0.514.